The summed E-state index contributed by atoms with van der Waals surface area (Å²) in [6.45, 7) is 0. The van der Waals surface area contributed by atoms with Crippen LogP contribution >= 0.6 is 11.3 Å². The van der Waals surface area contributed by atoms with Crippen molar-refractivity contribution >= 4 is 33.0 Å². The van der Waals surface area contributed by atoms with Crippen LogP contribution in [0.1, 0.15) is 5.69 Å². The molecule has 0 fully saturated rings. The summed E-state index contributed by atoms with van der Waals surface area (Å²) in [7, 11) is -3.84. The van der Waals surface area contributed by atoms with E-state index in [9.17, 15) is 17.6 Å². The van der Waals surface area contributed by atoms with Gasteiger partial charge in [-0.2, -0.15) is 0 Å². The van der Waals surface area contributed by atoms with Gasteiger partial charge >= 0.3 is 0 Å². The number of carbonyl (C=O) groups excluding carboxylic acids is 1. The van der Waals surface area contributed by atoms with Crippen LogP contribution in [0.15, 0.2) is 58.8 Å². The molecular formula is C17H14FN3O3S2. The molecule has 2 aromatic carbocycles. The molecule has 1 amide bonds. The maximum atomic E-state index is 13.0. The van der Waals surface area contributed by atoms with Crippen LogP contribution in [0.4, 0.5) is 10.1 Å². The van der Waals surface area contributed by atoms with Crippen LogP contribution in [-0.2, 0) is 21.2 Å². The molecule has 0 radical (unpaired) electrons. The van der Waals surface area contributed by atoms with Crippen LogP contribution in [0.2, 0.25) is 0 Å². The topological polar surface area (TPSA) is 102 Å². The van der Waals surface area contributed by atoms with Crippen LogP contribution in [0, 0.1) is 5.82 Å². The summed E-state index contributed by atoms with van der Waals surface area (Å²) >= 11 is 1.35. The Balaban J connectivity index is 1.68. The SMILES string of the molecule is NS(=O)(=O)c1cccc(NC(=O)Cc2csc(-c3ccc(F)cc3)n2)c1. The van der Waals surface area contributed by atoms with Gasteiger partial charge in [-0.05, 0) is 42.5 Å². The number of hydrogen-bond donors (Lipinski definition) is 2. The predicted molar refractivity (Wildman–Crippen MR) is 97.7 cm³/mol. The quantitative estimate of drug-likeness (QED) is 0.698. The van der Waals surface area contributed by atoms with E-state index in [1.54, 1.807) is 23.6 Å². The molecule has 1 heterocycles. The molecule has 3 N–H and O–H groups in total. The van der Waals surface area contributed by atoms with E-state index in [1.165, 1.54) is 41.7 Å². The summed E-state index contributed by atoms with van der Waals surface area (Å²) in [5.41, 5.74) is 1.66. The zero-order valence-electron chi connectivity index (χ0n) is 13.3. The molecule has 134 valence electrons. The second kappa shape index (κ2) is 7.32. The number of amides is 1. The van der Waals surface area contributed by atoms with Gasteiger partial charge in [-0.15, -0.1) is 11.3 Å². The van der Waals surface area contributed by atoms with E-state index >= 15 is 0 Å². The van der Waals surface area contributed by atoms with Gasteiger partial charge in [0.15, 0.2) is 0 Å². The minimum absolute atomic E-state index is 0.0251. The van der Waals surface area contributed by atoms with Gasteiger partial charge in [0, 0.05) is 16.6 Å². The fourth-order valence-corrected chi connectivity index (χ4v) is 3.62. The molecule has 0 unspecified atom stereocenters. The van der Waals surface area contributed by atoms with E-state index in [-0.39, 0.29) is 23.0 Å². The van der Waals surface area contributed by atoms with Crippen molar-refractivity contribution in [3.63, 3.8) is 0 Å². The number of nitrogens with two attached hydrogens (primary N) is 1. The Morgan fingerprint density at radius 1 is 1.19 bits per heavy atom. The van der Waals surface area contributed by atoms with Gasteiger partial charge in [0.25, 0.3) is 0 Å². The lowest BCUT2D eigenvalue weighted by atomic mass is 10.2. The lowest BCUT2D eigenvalue weighted by Crippen LogP contribution is -2.16. The molecule has 0 saturated carbocycles. The van der Waals surface area contributed by atoms with Crippen molar-refractivity contribution in [3.8, 4) is 10.6 Å². The summed E-state index contributed by atoms with van der Waals surface area (Å²) in [6, 6.07) is 11.6. The lowest BCUT2D eigenvalue weighted by molar-refractivity contribution is -0.115. The second-order valence-corrected chi connectivity index (χ2v) is 7.87. The first-order chi connectivity index (χ1) is 12.3. The van der Waals surface area contributed by atoms with Crippen molar-refractivity contribution in [1.29, 1.82) is 0 Å². The number of halogens is 1. The van der Waals surface area contributed by atoms with E-state index in [1.807, 2.05) is 0 Å². The summed E-state index contributed by atoms with van der Waals surface area (Å²) in [5.74, 6) is -0.667. The molecule has 9 heteroatoms. The third kappa shape index (κ3) is 4.51. The molecule has 0 atom stereocenters. The molecule has 0 saturated heterocycles. The first-order valence-electron chi connectivity index (χ1n) is 7.44. The minimum Gasteiger partial charge on any atom is -0.326 e. The number of nitrogens with zero attached hydrogens (tertiary/aromatic N) is 1. The minimum atomic E-state index is -3.84. The number of carbonyl (C=O) groups is 1. The molecule has 0 aliphatic rings. The molecule has 1 aromatic heterocycles. The summed E-state index contributed by atoms with van der Waals surface area (Å²) in [5, 5.41) is 10.1. The highest BCUT2D eigenvalue weighted by Gasteiger charge is 2.12. The summed E-state index contributed by atoms with van der Waals surface area (Å²) in [6.07, 6.45) is 0.0251. The highest BCUT2D eigenvalue weighted by atomic mass is 32.2. The fourth-order valence-electron chi connectivity index (χ4n) is 2.23. The average Bonchev–Trinajstić information content (AvgIpc) is 3.03. The van der Waals surface area contributed by atoms with Crippen molar-refractivity contribution in [2.75, 3.05) is 5.32 Å². The highest BCUT2D eigenvalue weighted by Crippen LogP contribution is 2.24. The number of thiazole rings is 1. The molecule has 0 spiro atoms. The van der Waals surface area contributed by atoms with E-state index < -0.39 is 10.0 Å². The van der Waals surface area contributed by atoms with Crippen molar-refractivity contribution in [1.82, 2.24) is 4.98 Å². The smallest absolute Gasteiger partial charge is 0.238 e. The normalized spacial score (nSPS) is 11.3. The number of rotatable bonds is 5. The Labute approximate surface area is 153 Å². The van der Waals surface area contributed by atoms with Gasteiger partial charge in [0.05, 0.1) is 17.0 Å². The van der Waals surface area contributed by atoms with E-state index in [0.717, 1.165) is 5.56 Å². The third-order valence-corrected chi connectivity index (χ3v) is 5.28. The average molecular weight is 391 g/mol. The van der Waals surface area contributed by atoms with Gasteiger partial charge in [-0.25, -0.2) is 22.9 Å². The van der Waals surface area contributed by atoms with Crippen LogP contribution in [-0.4, -0.2) is 19.3 Å². The van der Waals surface area contributed by atoms with Crippen molar-refractivity contribution in [2.45, 2.75) is 11.3 Å². The molecule has 26 heavy (non-hydrogen) atoms. The highest BCUT2D eigenvalue weighted by molar-refractivity contribution is 7.89. The first kappa shape index (κ1) is 18.2. The van der Waals surface area contributed by atoms with E-state index in [0.29, 0.717) is 16.4 Å². The van der Waals surface area contributed by atoms with E-state index in [4.69, 9.17) is 5.14 Å². The van der Waals surface area contributed by atoms with Gasteiger partial charge in [0.1, 0.15) is 10.8 Å². The number of aromatic nitrogens is 1. The third-order valence-electron chi connectivity index (χ3n) is 3.43. The molecule has 6 nitrogen and oxygen atoms in total. The number of benzene rings is 2. The van der Waals surface area contributed by atoms with E-state index in [2.05, 4.69) is 10.3 Å². The number of primary sulfonamides is 1. The van der Waals surface area contributed by atoms with Crippen molar-refractivity contribution in [2.24, 2.45) is 5.14 Å². The Morgan fingerprint density at radius 2 is 1.92 bits per heavy atom. The maximum Gasteiger partial charge on any atom is 0.238 e. The number of nitrogens with one attached hydrogen (secondary N) is 1. The number of anilines is 1. The zero-order chi connectivity index (χ0) is 18.7. The van der Waals surface area contributed by atoms with Crippen LogP contribution in [0.25, 0.3) is 10.6 Å². The molecule has 0 bridgehead atoms. The summed E-state index contributed by atoms with van der Waals surface area (Å²) in [4.78, 5) is 16.4. The first-order valence-corrected chi connectivity index (χ1v) is 9.87. The fraction of sp³-hybridized carbons (Fsp3) is 0.0588. The standard InChI is InChI=1S/C17H14FN3O3S2/c18-12-6-4-11(5-7-12)17-21-14(10-25-17)9-16(22)20-13-2-1-3-15(8-13)26(19,23)24/h1-8,10H,9H2,(H,20,22)(H2,19,23,24). The van der Waals surface area contributed by atoms with Gasteiger partial charge in [-0.3, -0.25) is 4.79 Å². The Morgan fingerprint density at radius 3 is 2.62 bits per heavy atom. The van der Waals surface area contributed by atoms with Gasteiger partial charge in [0.2, 0.25) is 15.9 Å². The Kier molecular flexibility index (Phi) is 5.12. The Bertz CT molecular complexity index is 1050. The Hall–Kier alpha value is -2.62. The van der Waals surface area contributed by atoms with Crippen LogP contribution < -0.4 is 10.5 Å². The molecule has 3 rings (SSSR count). The molecular weight excluding hydrogens is 377 g/mol. The van der Waals surface area contributed by atoms with Gasteiger partial charge in [-0.1, -0.05) is 6.07 Å². The second-order valence-electron chi connectivity index (χ2n) is 5.45. The van der Waals surface area contributed by atoms with Crippen molar-refractivity contribution in [3.05, 3.63) is 65.4 Å². The summed E-state index contributed by atoms with van der Waals surface area (Å²) < 4.78 is 35.7. The predicted octanol–water partition coefficient (Wildman–Crippen LogP) is 2.78. The van der Waals surface area contributed by atoms with Crippen LogP contribution in [0.3, 0.4) is 0 Å². The molecule has 3 aromatic rings. The monoisotopic (exact) mass is 391 g/mol. The molecule has 0 aliphatic carbocycles. The number of sulfonamides is 1. The lowest BCUT2D eigenvalue weighted by Gasteiger charge is -2.05. The zero-order valence-corrected chi connectivity index (χ0v) is 15.0. The number of hydrogen-bond acceptors (Lipinski definition) is 5. The van der Waals surface area contributed by atoms with Crippen LogP contribution in [0.5, 0.6) is 0 Å². The maximum absolute atomic E-state index is 13.0. The van der Waals surface area contributed by atoms with Gasteiger partial charge < -0.3 is 5.32 Å². The largest absolute Gasteiger partial charge is 0.326 e. The van der Waals surface area contributed by atoms with Crippen molar-refractivity contribution < 1.29 is 17.6 Å². The molecule has 0 aliphatic heterocycles.